The number of aliphatic imine (C=N–C) groups is 1. The quantitative estimate of drug-likeness (QED) is 0.437. The van der Waals surface area contributed by atoms with Gasteiger partial charge in [-0.1, -0.05) is 27.2 Å². The van der Waals surface area contributed by atoms with E-state index >= 15 is 0 Å². The van der Waals surface area contributed by atoms with E-state index in [1.165, 1.54) is 0 Å². The van der Waals surface area contributed by atoms with Gasteiger partial charge in [-0.2, -0.15) is 0 Å². The van der Waals surface area contributed by atoms with E-state index in [-0.39, 0.29) is 12.0 Å². The molecule has 1 fully saturated rings. The van der Waals surface area contributed by atoms with Crippen LogP contribution in [0.25, 0.3) is 0 Å². The van der Waals surface area contributed by atoms with Gasteiger partial charge in [-0.3, -0.25) is 9.20 Å². The molecule has 3 atom stereocenters. The molecule has 0 aromatic carbocycles. The molecule has 0 amide bonds. The first kappa shape index (κ1) is 21.4. The molecule has 3 N–H and O–H groups in total. The summed E-state index contributed by atoms with van der Waals surface area (Å²) in [6.07, 6.45) is 6.10. The van der Waals surface area contributed by atoms with Crippen LogP contribution in [0.4, 0.5) is 0 Å². The molecule has 142 valence electrons. The molecule has 0 heterocycles. The van der Waals surface area contributed by atoms with Gasteiger partial charge in [0.2, 0.25) is 0 Å². The van der Waals surface area contributed by atoms with Gasteiger partial charge < -0.3 is 15.7 Å². The lowest BCUT2D eigenvalue weighted by molar-refractivity contribution is 0.123. The van der Waals surface area contributed by atoms with E-state index in [4.69, 9.17) is 4.99 Å². The van der Waals surface area contributed by atoms with E-state index in [0.717, 1.165) is 56.8 Å². The number of nitrogens with zero attached hydrogens (tertiary/aromatic N) is 1. The van der Waals surface area contributed by atoms with Crippen molar-refractivity contribution in [3.8, 4) is 0 Å². The van der Waals surface area contributed by atoms with Crippen molar-refractivity contribution < 1.29 is 9.32 Å². The summed E-state index contributed by atoms with van der Waals surface area (Å²) in [5.74, 6) is 1.57. The number of guanidine groups is 1. The van der Waals surface area contributed by atoms with Crippen LogP contribution in [0.1, 0.15) is 66.2 Å². The summed E-state index contributed by atoms with van der Waals surface area (Å²) in [6, 6.07) is 0.337. The summed E-state index contributed by atoms with van der Waals surface area (Å²) < 4.78 is 12.1. The third kappa shape index (κ3) is 6.36. The van der Waals surface area contributed by atoms with Crippen LogP contribution in [-0.2, 0) is 10.8 Å². The Balaban J connectivity index is 2.70. The third-order valence-corrected chi connectivity index (χ3v) is 7.12. The van der Waals surface area contributed by atoms with Crippen LogP contribution in [0.3, 0.4) is 0 Å². The molecule has 24 heavy (non-hydrogen) atoms. The predicted octanol–water partition coefficient (Wildman–Crippen LogP) is 2.42. The zero-order chi connectivity index (χ0) is 18.0. The van der Waals surface area contributed by atoms with Gasteiger partial charge in [0.05, 0.1) is 13.2 Å². The lowest BCUT2D eigenvalue weighted by Gasteiger charge is -2.31. The average Bonchev–Trinajstić information content (AvgIpc) is 2.63. The standard InChI is InChI=1S/C18H37N3O2S/c1-5-18(6-2,14-22)13-20-17(19-7-3)21-15-10-9-11-16(12-15)24(23)8-4/h15-16,22H,5-14H2,1-4H3,(H2,19,20,21). The topological polar surface area (TPSA) is 73.7 Å². The lowest BCUT2D eigenvalue weighted by Crippen LogP contribution is -2.47. The second kappa shape index (κ2) is 11.1. The predicted molar refractivity (Wildman–Crippen MR) is 104 cm³/mol. The molecule has 1 aliphatic carbocycles. The number of rotatable bonds is 9. The molecule has 1 aliphatic rings. The smallest absolute Gasteiger partial charge is 0.191 e. The molecule has 3 unspecified atom stereocenters. The van der Waals surface area contributed by atoms with Gasteiger partial charge in [0.1, 0.15) is 0 Å². The van der Waals surface area contributed by atoms with E-state index in [1.54, 1.807) is 0 Å². The highest BCUT2D eigenvalue weighted by Crippen LogP contribution is 2.26. The largest absolute Gasteiger partial charge is 0.396 e. The summed E-state index contributed by atoms with van der Waals surface area (Å²) in [7, 11) is -0.708. The molecule has 1 rings (SSSR count). The van der Waals surface area contributed by atoms with Gasteiger partial charge in [-0.05, 0) is 39.0 Å². The first-order valence-electron chi connectivity index (χ1n) is 9.56. The molecule has 0 bridgehead atoms. The Labute approximate surface area is 150 Å². The zero-order valence-corrected chi connectivity index (χ0v) is 16.8. The van der Waals surface area contributed by atoms with E-state index in [1.807, 2.05) is 6.92 Å². The first-order chi connectivity index (χ1) is 11.5. The number of aliphatic hydroxyl groups is 1. The maximum absolute atomic E-state index is 12.1. The molecule has 0 aromatic heterocycles. The summed E-state index contributed by atoms with van der Waals surface area (Å²) in [6.45, 7) is 9.90. The maximum atomic E-state index is 12.1. The third-order valence-electron chi connectivity index (χ3n) is 5.38. The minimum Gasteiger partial charge on any atom is -0.396 e. The molecule has 6 heteroatoms. The fourth-order valence-corrected chi connectivity index (χ4v) is 4.61. The second-order valence-electron chi connectivity index (χ2n) is 6.86. The zero-order valence-electron chi connectivity index (χ0n) is 15.9. The Kier molecular flexibility index (Phi) is 9.89. The fourth-order valence-electron chi connectivity index (χ4n) is 3.26. The van der Waals surface area contributed by atoms with Gasteiger partial charge in [-0.25, -0.2) is 0 Å². The molecule has 0 aliphatic heterocycles. The Morgan fingerprint density at radius 1 is 1.25 bits per heavy atom. The van der Waals surface area contributed by atoms with Crippen LogP contribution < -0.4 is 10.6 Å². The Morgan fingerprint density at radius 3 is 2.50 bits per heavy atom. The molecular weight excluding hydrogens is 322 g/mol. The molecule has 0 aromatic rings. The lowest BCUT2D eigenvalue weighted by atomic mass is 9.83. The fraction of sp³-hybridized carbons (Fsp3) is 0.944. The SMILES string of the molecule is CCNC(=NCC(CC)(CC)CO)NC1CCCC(S(=O)CC)C1. The van der Waals surface area contributed by atoms with Crippen LogP contribution in [0.2, 0.25) is 0 Å². The van der Waals surface area contributed by atoms with Crippen molar-refractivity contribution in [1.82, 2.24) is 10.6 Å². The Bertz CT molecular complexity index is 403. The van der Waals surface area contributed by atoms with Gasteiger partial charge in [0, 0.05) is 39.8 Å². The van der Waals surface area contributed by atoms with Gasteiger partial charge in [0.25, 0.3) is 0 Å². The molecular formula is C18H37N3O2S. The van der Waals surface area contributed by atoms with Crippen LogP contribution >= 0.6 is 0 Å². The highest BCUT2D eigenvalue weighted by atomic mass is 32.2. The minimum atomic E-state index is -0.708. The highest BCUT2D eigenvalue weighted by molar-refractivity contribution is 7.85. The van der Waals surface area contributed by atoms with E-state index in [9.17, 15) is 9.32 Å². The van der Waals surface area contributed by atoms with E-state index < -0.39 is 10.8 Å². The van der Waals surface area contributed by atoms with Gasteiger partial charge in [0.15, 0.2) is 5.96 Å². The van der Waals surface area contributed by atoms with Crippen molar-refractivity contribution in [2.45, 2.75) is 77.5 Å². The van der Waals surface area contributed by atoms with Crippen LogP contribution in [0.15, 0.2) is 4.99 Å². The van der Waals surface area contributed by atoms with E-state index in [2.05, 4.69) is 31.4 Å². The Morgan fingerprint density at radius 2 is 1.96 bits per heavy atom. The molecule has 0 saturated heterocycles. The summed E-state index contributed by atoms with van der Waals surface area (Å²) in [5, 5.41) is 16.9. The van der Waals surface area contributed by atoms with Crippen LogP contribution in [-0.4, -0.2) is 52.0 Å². The summed E-state index contributed by atoms with van der Waals surface area (Å²) in [4.78, 5) is 4.74. The van der Waals surface area contributed by atoms with Crippen molar-refractivity contribution in [1.29, 1.82) is 0 Å². The Hall–Kier alpha value is -0.620. The molecule has 1 saturated carbocycles. The van der Waals surface area contributed by atoms with Crippen molar-refractivity contribution in [2.75, 3.05) is 25.4 Å². The molecule has 0 spiro atoms. The van der Waals surface area contributed by atoms with Crippen molar-refractivity contribution in [2.24, 2.45) is 10.4 Å². The van der Waals surface area contributed by atoms with Crippen LogP contribution in [0.5, 0.6) is 0 Å². The maximum Gasteiger partial charge on any atom is 0.191 e. The normalized spacial score (nSPS) is 23.8. The molecule has 5 nitrogen and oxygen atoms in total. The summed E-state index contributed by atoms with van der Waals surface area (Å²) in [5.41, 5.74) is -0.124. The second-order valence-corrected chi connectivity index (χ2v) is 8.87. The minimum absolute atomic E-state index is 0.124. The van der Waals surface area contributed by atoms with Gasteiger partial charge in [-0.15, -0.1) is 0 Å². The highest BCUT2D eigenvalue weighted by Gasteiger charge is 2.27. The number of aliphatic hydroxyl groups excluding tert-OH is 1. The number of hydrogen-bond donors (Lipinski definition) is 3. The van der Waals surface area contributed by atoms with E-state index in [0.29, 0.717) is 17.8 Å². The average molecular weight is 360 g/mol. The number of hydrogen-bond acceptors (Lipinski definition) is 3. The van der Waals surface area contributed by atoms with Crippen molar-refractivity contribution >= 4 is 16.8 Å². The van der Waals surface area contributed by atoms with Gasteiger partial charge >= 0.3 is 0 Å². The monoisotopic (exact) mass is 359 g/mol. The number of nitrogens with one attached hydrogen (secondary N) is 2. The molecule has 0 radical (unpaired) electrons. The first-order valence-corrected chi connectivity index (χ1v) is 10.9. The van der Waals surface area contributed by atoms with Crippen molar-refractivity contribution in [3.63, 3.8) is 0 Å². The summed E-state index contributed by atoms with van der Waals surface area (Å²) >= 11 is 0. The van der Waals surface area contributed by atoms with Crippen LogP contribution in [0, 0.1) is 5.41 Å². The van der Waals surface area contributed by atoms with Crippen molar-refractivity contribution in [3.05, 3.63) is 0 Å².